The van der Waals surface area contributed by atoms with E-state index in [1.807, 2.05) is 60.2 Å². The summed E-state index contributed by atoms with van der Waals surface area (Å²) >= 11 is 1.65. The molecule has 1 aromatic carbocycles. The summed E-state index contributed by atoms with van der Waals surface area (Å²) in [7, 11) is 0. The molecule has 108 valence electrons. The number of benzene rings is 1. The van der Waals surface area contributed by atoms with Gasteiger partial charge < -0.3 is 9.88 Å². The van der Waals surface area contributed by atoms with Crippen LogP contribution in [0.3, 0.4) is 0 Å². The number of imidazole rings is 1. The molecular weight excluding hydrogens is 282 g/mol. The molecule has 0 aliphatic rings. The molecular formula is C16H17N3OS. The van der Waals surface area contributed by atoms with Crippen molar-refractivity contribution < 1.29 is 4.79 Å². The Labute approximate surface area is 127 Å². The van der Waals surface area contributed by atoms with E-state index in [-0.39, 0.29) is 11.9 Å². The molecule has 1 unspecified atom stereocenters. The second-order valence-corrected chi connectivity index (χ2v) is 6.02. The summed E-state index contributed by atoms with van der Waals surface area (Å²) in [5.41, 5.74) is 1.92. The fraction of sp³-hybridized carbons (Fsp3) is 0.250. The van der Waals surface area contributed by atoms with Crippen LogP contribution in [-0.2, 0) is 11.3 Å². The van der Waals surface area contributed by atoms with Crippen LogP contribution in [0, 0.1) is 6.92 Å². The fourth-order valence-corrected chi connectivity index (χ4v) is 3.17. The van der Waals surface area contributed by atoms with Crippen molar-refractivity contribution in [2.75, 3.05) is 0 Å². The van der Waals surface area contributed by atoms with Gasteiger partial charge in [-0.2, -0.15) is 0 Å². The molecule has 3 aromatic rings. The monoisotopic (exact) mass is 299 g/mol. The second kappa shape index (κ2) is 5.69. The number of nitrogens with zero attached hydrogens (tertiary/aromatic N) is 2. The second-order valence-electron chi connectivity index (χ2n) is 5.04. The molecule has 0 aliphatic carbocycles. The third kappa shape index (κ3) is 2.83. The average molecular weight is 299 g/mol. The maximum atomic E-state index is 12.3. The molecule has 0 bridgehead atoms. The van der Waals surface area contributed by atoms with Gasteiger partial charge in [-0.05, 0) is 37.4 Å². The average Bonchev–Trinajstić information content (AvgIpc) is 3.08. The van der Waals surface area contributed by atoms with Crippen LogP contribution < -0.4 is 5.32 Å². The normalized spacial score (nSPS) is 12.5. The summed E-state index contributed by atoms with van der Waals surface area (Å²) in [6.07, 6.45) is 0. The minimum atomic E-state index is 0.00199. The van der Waals surface area contributed by atoms with E-state index < -0.39 is 0 Å². The number of carbonyl (C=O) groups is 1. The number of hydrogen-bond acceptors (Lipinski definition) is 3. The van der Waals surface area contributed by atoms with E-state index in [1.165, 1.54) is 0 Å². The highest BCUT2D eigenvalue weighted by Crippen LogP contribution is 2.19. The van der Waals surface area contributed by atoms with Crippen LogP contribution in [0.2, 0.25) is 0 Å². The van der Waals surface area contributed by atoms with Gasteiger partial charge in [-0.3, -0.25) is 4.79 Å². The van der Waals surface area contributed by atoms with Crippen LogP contribution in [0.5, 0.6) is 0 Å². The number of carbonyl (C=O) groups excluding carboxylic acids is 1. The van der Waals surface area contributed by atoms with Gasteiger partial charge in [-0.25, -0.2) is 4.98 Å². The highest BCUT2D eigenvalue weighted by molar-refractivity contribution is 7.10. The lowest BCUT2D eigenvalue weighted by atomic mass is 10.2. The first-order valence-electron chi connectivity index (χ1n) is 6.90. The van der Waals surface area contributed by atoms with E-state index in [9.17, 15) is 4.79 Å². The molecule has 1 atom stereocenters. The highest BCUT2D eigenvalue weighted by Gasteiger charge is 2.13. The van der Waals surface area contributed by atoms with Crippen LogP contribution in [0.15, 0.2) is 41.8 Å². The first kappa shape index (κ1) is 13.8. The zero-order valence-corrected chi connectivity index (χ0v) is 12.9. The largest absolute Gasteiger partial charge is 0.347 e. The molecule has 4 nitrogen and oxygen atoms in total. The van der Waals surface area contributed by atoms with Crippen molar-refractivity contribution in [3.05, 3.63) is 52.5 Å². The van der Waals surface area contributed by atoms with Crippen molar-refractivity contribution >= 4 is 28.3 Å². The smallest absolute Gasteiger partial charge is 0.240 e. The number of fused-ring (bicyclic) bond motifs is 1. The third-order valence-electron chi connectivity index (χ3n) is 3.49. The zero-order valence-electron chi connectivity index (χ0n) is 12.0. The van der Waals surface area contributed by atoms with Gasteiger partial charge in [0.2, 0.25) is 5.91 Å². The standard InChI is InChI=1S/C16H17N3OS/c1-11(15-8-5-9-21-15)17-16(20)10-19-12(2)18-13-6-3-4-7-14(13)19/h3-9,11H,10H2,1-2H3,(H,17,20). The quantitative estimate of drug-likeness (QED) is 0.803. The molecule has 1 N–H and O–H groups in total. The number of para-hydroxylation sites is 2. The molecule has 2 aromatic heterocycles. The summed E-state index contributed by atoms with van der Waals surface area (Å²) < 4.78 is 1.95. The van der Waals surface area contributed by atoms with E-state index in [0.717, 1.165) is 21.7 Å². The SMILES string of the molecule is Cc1nc2ccccc2n1CC(=O)NC(C)c1cccs1. The van der Waals surface area contributed by atoms with Gasteiger partial charge in [0.25, 0.3) is 0 Å². The van der Waals surface area contributed by atoms with Crippen LogP contribution in [0.4, 0.5) is 0 Å². The molecule has 1 amide bonds. The lowest BCUT2D eigenvalue weighted by Crippen LogP contribution is -2.30. The summed E-state index contributed by atoms with van der Waals surface area (Å²) in [5.74, 6) is 0.859. The Morgan fingerprint density at radius 1 is 1.33 bits per heavy atom. The van der Waals surface area contributed by atoms with Crippen molar-refractivity contribution in [3.8, 4) is 0 Å². The number of thiophene rings is 1. The number of rotatable bonds is 4. The summed E-state index contributed by atoms with van der Waals surface area (Å²) in [6.45, 7) is 4.22. The van der Waals surface area contributed by atoms with Crippen molar-refractivity contribution in [1.82, 2.24) is 14.9 Å². The van der Waals surface area contributed by atoms with Crippen LogP contribution in [-0.4, -0.2) is 15.5 Å². The van der Waals surface area contributed by atoms with Crippen LogP contribution >= 0.6 is 11.3 Å². The van der Waals surface area contributed by atoms with Crippen molar-refractivity contribution in [3.63, 3.8) is 0 Å². The predicted molar refractivity (Wildman–Crippen MR) is 85.3 cm³/mol. The molecule has 21 heavy (non-hydrogen) atoms. The number of hydrogen-bond donors (Lipinski definition) is 1. The number of aryl methyl sites for hydroxylation is 1. The molecule has 0 spiro atoms. The lowest BCUT2D eigenvalue weighted by Gasteiger charge is -2.13. The first-order valence-corrected chi connectivity index (χ1v) is 7.78. The van der Waals surface area contributed by atoms with E-state index in [4.69, 9.17) is 0 Å². The topological polar surface area (TPSA) is 46.9 Å². The molecule has 0 radical (unpaired) electrons. The van der Waals surface area contributed by atoms with E-state index >= 15 is 0 Å². The Balaban J connectivity index is 1.76. The molecule has 0 saturated heterocycles. The number of amides is 1. The zero-order chi connectivity index (χ0) is 14.8. The number of aromatic nitrogens is 2. The van der Waals surface area contributed by atoms with Crippen molar-refractivity contribution in [2.24, 2.45) is 0 Å². The molecule has 0 fully saturated rings. The fourth-order valence-electron chi connectivity index (χ4n) is 2.44. The Hall–Kier alpha value is -2.14. The van der Waals surface area contributed by atoms with Gasteiger partial charge >= 0.3 is 0 Å². The number of nitrogens with one attached hydrogen (secondary N) is 1. The summed E-state index contributed by atoms with van der Waals surface area (Å²) in [5, 5.41) is 5.05. The predicted octanol–water partition coefficient (Wildman–Crippen LogP) is 3.28. The van der Waals surface area contributed by atoms with E-state index in [1.54, 1.807) is 11.3 Å². The molecule has 3 rings (SSSR count). The Morgan fingerprint density at radius 3 is 2.90 bits per heavy atom. The third-order valence-corrected chi connectivity index (χ3v) is 4.55. The maximum absolute atomic E-state index is 12.3. The van der Waals surface area contributed by atoms with Gasteiger partial charge in [-0.15, -0.1) is 11.3 Å². The minimum absolute atomic E-state index is 0.00199. The van der Waals surface area contributed by atoms with Crippen LogP contribution in [0.1, 0.15) is 23.7 Å². The van der Waals surface area contributed by atoms with Gasteiger partial charge in [-0.1, -0.05) is 18.2 Å². The van der Waals surface area contributed by atoms with Gasteiger partial charge in [0.15, 0.2) is 0 Å². The molecule has 0 aliphatic heterocycles. The van der Waals surface area contributed by atoms with E-state index in [0.29, 0.717) is 6.54 Å². The Kier molecular flexibility index (Phi) is 3.75. The molecule has 5 heteroatoms. The van der Waals surface area contributed by atoms with Gasteiger partial charge in [0, 0.05) is 4.88 Å². The van der Waals surface area contributed by atoms with Gasteiger partial charge in [0.05, 0.1) is 17.1 Å². The molecule has 0 saturated carbocycles. The maximum Gasteiger partial charge on any atom is 0.240 e. The minimum Gasteiger partial charge on any atom is -0.347 e. The molecule has 2 heterocycles. The highest BCUT2D eigenvalue weighted by atomic mass is 32.1. The first-order chi connectivity index (χ1) is 10.1. The van der Waals surface area contributed by atoms with E-state index in [2.05, 4.69) is 10.3 Å². The summed E-state index contributed by atoms with van der Waals surface area (Å²) in [6, 6.07) is 11.9. The van der Waals surface area contributed by atoms with Crippen molar-refractivity contribution in [2.45, 2.75) is 26.4 Å². The van der Waals surface area contributed by atoms with Gasteiger partial charge in [0.1, 0.15) is 12.4 Å². The van der Waals surface area contributed by atoms with Crippen molar-refractivity contribution in [1.29, 1.82) is 0 Å². The van der Waals surface area contributed by atoms with Crippen LogP contribution in [0.25, 0.3) is 11.0 Å². The summed E-state index contributed by atoms with van der Waals surface area (Å²) in [4.78, 5) is 17.9. The Bertz CT molecular complexity index is 761. The lowest BCUT2D eigenvalue weighted by molar-refractivity contribution is -0.122. The Morgan fingerprint density at radius 2 is 2.14 bits per heavy atom.